The monoisotopic (exact) mass is 590 g/mol. The number of para-hydroxylation sites is 1. The molecule has 3 rings (SSSR count). The van der Waals surface area contributed by atoms with Gasteiger partial charge in [-0.2, -0.15) is 4.39 Å². The summed E-state index contributed by atoms with van der Waals surface area (Å²) in [5.41, 5.74) is -3.83. The zero-order valence-corrected chi connectivity index (χ0v) is 19.9. The molecule has 3 aromatic rings. The van der Waals surface area contributed by atoms with Gasteiger partial charge in [0, 0.05) is 29.3 Å². The van der Waals surface area contributed by atoms with Crippen molar-refractivity contribution in [2.75, 3.05) is 0 Å². The summed E-state index contributed by atoms with van der Waals surface area (Å²) in [4.78, 5) is 56.4. The van der Waals surface area contributed by atoms with Gasteiger partial charge in [0.25, 0.3) is 5.69 Å². The lowest BCUT2D eigenvalue weighted by atomic mass is 10.3. The minimum absolute atomic E-state index is 0.0947. The number of halogens is 3. The SMILES string of the molecule is O=[N+]([O-])c1ccc(Cl)cc1[N+](=O)[O-].O=[N+]([O-])c1ccc(F)c([N+](=O)[O-])c1.O=[N+]([O-])c1cccc(Cl)c1[N+](=O)[O-]. The molecule has 39 heavy (non-hydrogen) atoms. The van der Waals surface area contributed by atoms with E-state index in [0.717, 1.165) is 24.3 Å². The summed E-state index contributed by atoms with van der Waals surface area (Å²) in [6.45, 7) is 0. The van der Waals surface area contributed by atoms with E-state index in [1.807, 2.05) is 0 Å². The maximum atomic E-state index is 12.6. The molecule has 0 atom stereocenters. The lowest BCUT2D eigenvalue weighted by Crippen LogP contribution is -1.96. The van der Waals surface area contributed by atoms with Crippen LogP contribution in [0.3, 0.4) is 0 Å². The molecule has 0 unspecified atom stereocenters. The Labute approximate surface area is 222 Å². The minimum Gasteiger partial charge on any atom is -0.258 e. The van der Waals surface area contributed by atoms with Gasteiger partial charge in [-0.1, -0.05) is 29.3 Å². The molecule has 0 heterocycles. The van der Waals surface area contributed by atoms with E-state index in [2.05, 4.69) is 0 Å². The first kappa shape index (κ1) is 31.6. The van der Waals surface area contributed by atoms with Gasteiger partial charge in [0.1, 0.15) is 5.02 Å². The molecule has 0 fully saturated rings. The van der Waals surface area contributed by atoms with E-state index >= 15 is 0 Å². The third-order valence-electron chi connectivity index (χ3n) is 4.01. The highest BCUT2D eigenvalue weighted by atomic mass is 35.5. The largest absolute Gasteiger partial charge is 0.364 e. The quantitative estimate of drug-likeness (QED) is 0.238. The average Bonchev–Trinajstić information content (AvgIpc) is 2.84. The Morgan fingerprint density at radius 3 is 1.51 bits per heavy atom. The van der Waals surface area contributed by atoms with Crippen LogP contribution >= 0.6 is 23.2 Å². The van der Waals surface area contributed by atoms with E-state index in [1.165, 1.54) is 18.2 Å². The van der Waals surface area contributed by atoms with Crippen LogP contribution in [0.2, 0.25) is 10.0 Å². The van der Waals surface area contributed by atoms with Gasteiger partial charge in [-0.15, -0.1) is 0 Å². The van der Waals surface area contributed by atoms with Crippen LogP contribution in [0.5, 0.6) is 0 Å². The summed E-state index contributed by atoms with van der Waals surface area (Å²) in [6, 6.07) is 8.85. The second-order valence-corrected chi connectivity index (χ2v) is 7.26. The zero-order valence-electron chi connectivity index (χ0n) is 18.4. The van der Waals surface area contributed by atoms with E-state index < -0.39 is 69.5 Å². The predicted molar refractivity (Wildman–Crippen MR) is 129 cm³/mol. The molecule has 0 aliphatic carbocycles. The Hall–Kier alpha value is -5.43. The summed E-state index contributed by atoms with van der Waals surface area (Å²) in [5.74, 6) is -1.09. The molecule has 0 aromatic heterocycles. The van der Waals surface area contributed by atoms with Crippen molar-refractivity contribution < 1.29 is 33.9 Å². The maximum Gasteiger partial charge on any atom is 0.364 e. The molecule has 0 bridgehead atoms. The van der Waals surface area contributed by atoms with Crippen molar-refractivity contribution in [2.45, 2.75) is 0 Å². The summed E-state index contributed by atoms with van der Waals surface area (Å²) in [5, 5.41) is 61.4. The highest BCUT2D eigenvalue weighted by Crippen LogP contribution is 2.33. The van der Waals surface area contributed by atoms with E-state index in [9.17, 15) is 65.1 Å². The smallest absolute Gasteiger partial charge is 0.258 e. The second-order valence-electron chi connectivity index (χ2n) is 6.42. The van der Waals surface area contributed by atoms with Crippen LogP contribution in [0.25, 0.3) is 0 Å². The molecular weight excluding hydrogens is 582 g/mol. The number of hydrogen-bond donors (Lipinski definition) is 0. The van der Waals surface area contributed by atoms with E-state index in [-0.39, 0.29) is 10.0 Å². The Balaban J connectivity index is 0.000000292. The molecule has 0 saturated carbocycles. The number of hydrogen-bond acceptors (Lipinski definition) is 12. The fourth-order valence-electron chi connectivity index (χ4n) is 2.38. The summed E-state index contributed by atoms with van der Waals surface area (Å²) in [6.07, 6.45) is 0. The lowest BCUT2D eigenvalue weighted by Gasteiger charge is -1.95. The average molecular weight is 591 g/mol. The van der Waals surface area contributed by atoms with Crippen molar-refractivity contribution in [3.63, 3.8) is 0 Å². The molecule has 0 N–H and O–H groups in total. The molecule has 0 saturated heterocycles. The Morgan fingerprint density at radius 2 is 1.08 bits per heavy atom. The number of nitro benzene ring substituents is 6. The lowest BCUT2D eigenvalue weighted by molar-refractivity contribution is -0.422. The third kappa shape index (κ3) is 8.87. The topological polar surface area (TPSA) is 259 Å². The minimum atomic E-state index is -1.09. The third-order valence-corrected chi connectivity index (χ3v) is 4.55. The van der Waals surface area contributed by atoms with Gasteiger partial charge in [-0.25, -0.2) is 0 Å². The van der Waals surface area contributed by atoms with E-state index in [1.54, 1.807) is 0 Å². The predicted octanol–water partition coefficient (Wildman–Crippen LogP) is 5.95. The van der Waals surface area contributed by atoms with Crippen LogP contribution in [0.4, 0.5) is 38.5 Å². The molecule has 204 valence electrons. The first-order valence-corrected chi connectivity index (χ1v) is 10.1. The van der Waals surface area contributed by atoms with E-state index in [0.29, 0.717) is 12.1 Å². The zero-order chi connectivity index (χ0) is 30.0. The van der Waals surface area contributed by atoms with Crippen molar-refractivity contribution in [1.82, 2.24) is 0 Å². The Bertz CT molecular complexity index is 1480. The summed E-state index contributed by atoms with van der Waals surface area (Å²) >= 11 is 10.9. The van der Waals surface area contributed by atoms with Gasteiger partial charge in [0.05, 0.1) is 35.6 Å². The van der Waals surface area contributed by atoms with Crippen LogP contribution in [-0.4, -0.2) is 29.5 Å². The van der Waals surface area contributed by atoms with Crippen LogP contribution in [0.1, 0.15) is 0 Å². The molecular formula is C18H9Cl2FN6O12. The Kier molecular flexibility index (Phi) is 11.1. The van der Waals surface area contributed by atoms with Crippen molar-refractivity contribution in [3.05, 3.63) is 131 Å². The van der Waals surface area contributed by atoms with Gasteiger partial charge in [0.2, 0.25) is 5.82 Å². The van der Waals surface area contributed by atoms with Gasteiger partial charge in [-0.05, 0) is 18.2 Å². The molecule has 0 spiro atoms. The van der Waals surface area contributed by atoms with Gasteiger partial charge in [0.15, 0.2) is 0 Å². The molecule has 3 aromatic carbocycles. The first-order valence-electron chi connectivity index (χ1n) is 9.32. The molecule has 0 aliphatic rings. The van der Waals surface area contributed by atoms with Crippen LogP contribution in [0.15, 0.2) is 54.6 Å². The Morgan fingerprint density at radius 1 is 0.538 bits per heavy atom. The summed E-state index contributed by atoms with van der Waals surface area (Å²) in [7, 11) is 0. The fourth-order valence-corrected chi connectivity index (χ4v) is 2.79. The molecule has 18 nitrogen and oxygen atoms in total. The number of benzene rings is 3. The van der Waals surface area contributed by atoms with Gasteiger partial charge < -0.3 is 0 Å². The van der Waals surface area contributed by atoms with Crippen LogP contribution in [0, 0.1) is 66.5 Å². The molecule has 0 amide bonds. The fraction of sp³-hybridized carbons (Fsp3) is 0. The number of non-ortho nitro benzene ring substituents is 1. The maximum absolute atomic E-state index is 12.6. The van der Waals surface area contributed by atoms with Crippen LogP contribution in [-0.2, 0) is 0 Å². The number of rotatable bonds is 6. The van der Waals surface area contributed by atoms with Crippen molar-refractivity contribution in [2.24, 2.45) is 0 Å². The normalized spacial score (nSPS) is 9.62. The highest BCUT2D eigenvalue weighted by molar-refractivity contribution is 6.33. The van der Waals surface area contributed by atoms with Gasteiger partial charge >= 0.3 is 28.4 Å². The molecule has 0 aliphatic heterocycles. The van der Waals surface area contributed by atoms with Gasteiger partial charge in [-0.3, -0.25) is 60.7 Å². The standard InChI is InChI=1S/2C6H3ClN2O4.C6H3FN2O4/c7-4-1-2-5(8(10)11)6(3-4)9(12)13;7-4-2-1-3-5(8(10)11)6(4)9(12)13;7-5-2-1-4(8(10)11)3-6(5)9(12)13/h3*1-3H. The van der Waals surface area contributed by atoms with Crippen molar-refractivity contribution >= 4 is 57.3 Å². The first-order chi connectivity index (χ1) is 18.1. The highest BCUT2D eigenvalue weighted by Gasteiger charge is 2.27. The van der Waals surface area contributed by atoms with Crippen molar-refractivity contribution in [3.8, 4) is 0 Å². The summed E-state index contributed by atoms with van der Waals surface area (Å²) < 4.78 is 12.6. The molecule has 0 radical (unpaired) electrons. The van der Waals surface area contributed by atoms with Crippen LogP contribution < -0.4 is 0 Å². The molecule has 21 heteroatoms. The van der Waals surface area contributed by atoms with E-state index in [4.69, 9.17) is 23.2 Å². The second kappa shape index (κ2) is 13.8. The number of nitro groups is 6. The number of nitrogens with zero attached hydrogens (tertiary/aromatic N) is 6. The van der Waals surface area contributed by atoms with Crippen molar-refractivity contribution in [1.29, 1.82) is 0 Å².